The number of benzene rings is 3. The van der Waals surface area contributed by atoms with Crippen molar-refractivity contribution in [3.05, 3.63) is 100 Å². The van der Waals surface area contributed by atoms with E-state index in [-0.39, 0.29) is 24.9 Å². The summed E-state index contributed by atoms with van der Waals surface area (Å²) in [7, 11) is 0. The molecule has 0 radical (unpaired) electrons. The van der Waals surface area contributed by atoms with Crippen molar-refractivity contribution in [3.8, 4) is 0 Å². The second-order valence-corrected chi connectivity index (χ2v) is 9.54. The summed E-state index contributed by atoms with van der Waals surface area (Å²) in [5.74, 6) is -0.902. The number of rotatable bonds is 11. The number of amides is 3. The summed E-state index contributed by atoms with van der Waals surface area (Å²) in [4.78, 5) is 37.8. The lowest BCUT2D eigenvalue weighted by atomic mass is 10.0. The zero-order chi connectivity index (χ0) is 26.8. The van der Waals surface area contributed by atoms with Crippen LogP contribution in [0.5, 0.6) is 0 Å². The number of carboxylic acids is 1. The number of nitrogens with zero attached hydrogens (tertiary/aromatic N) is 1. The van der Waals surface area contributed by atoms with Crippen LogP contribution in [0.15, 0.2) is 72.8 Å². The van der Waals surface area contributed by atoms with E-state index in [1.165, 1.54) is 5.56 Å². The summed E-state index contributed by atoms with van der Waals surface area (Å²) < 4.78 is 0. The first-order valence-corrected chi connectivity index (χ1v) is 12.6. The molecule has 194 valence electrons. The number of hydrogen-bond acceptors (Lipinski definition) is 3. The highest BCUT2D eigenvalue weighted by molar-refractivity contribution is 6.30. The van der Waals surface area contributed by atoms with Crippen LogP contribution in [0.4, 0.5) is 10.5 Å². The zero-order valence-corrected chi connectivity index (χ0v) is 21.8. The van der Waals surface area contributed by atoms with Crippen molar-refractivity contribution >= 4 is 35.2 Å². The number of nitrogens with one attached hydrogen (secondary N) is 2. The van der Waals surface area contributed by atoms with Gasteiger partial charge >= 0.3 is 12.0 Å². The minimum Gasteiger partial charge on any atom is -0.481 e. The van der Waals surface area contributed by atoms with E-state index in [0.717, 1.165) is 16.8 Å². The fourth-order valence-electron chi connectivity index (χ4n) is 3.69. The molecule has 3 amide bonds. The van der Waals surface area contributed by atoms with Gasteiger partial charge in [0.25, 0.3) is 5.91 Å². The number of hydrogen-bond donors (Lipinski definition) is 3. The molecule has 0 aromatic heterocycles. The summed E-state index contributed by atoms with van der Waals surface area (Å²) in [5, 5.41) is 15.0. The summed E-state index contributed by atoms with van der Waals surface area (Å²) in [6.07, 6.45) is 0.517. The van der Waals surface area contributed by atoms with Crippen LogP contribution >= 0.6 is 11.6 Å². The predicted octanol–water partition coefficient (Wildman–Crippen LogP) is 5.94. The SMILES string of the molecule is CC(C)c1ccc(NC(=O)N(CCc2ccc(Cl)cc2)Cc2ccc(C(=O)NCCC(=O)O)cc2)cc1. The molecule has 0 aliphatic heterocycles. The number of carbonyl (C=O) groups is 3. The van der Waals surface area contributed by atoms with Gasteiger partial charge in [0, 0.05) is 35.9 Å². The van der Waals surface area contributed by atoms with Crippen LogP contribution in [0.2, 0.25) is 5.02 Å². The molecule has 0 spiro atoms. The molecule has 0 aliphatic carbocycles. The monoisotopic (exact) mass is 521 g/mol. The molecular formula is C29H32ClN3O4. The summed E-state index contributed by atoms with van der Waals surface area (Å²) >= 11 is 6.00. The average molecular weight is 522 g/mol. The lowest BCUT2D eigenvalue weighted by molar-refractivity contribution is -0.136. The minimum absolute atomic E-state index is 0.0622. The first-order chi connectivity index (χ1) is 17.7. The molecule has 0 saturated carbocycles. The molecule has 8 heteroatoms. The molecule has 0 aliphatic rings. The normalized spacial score (nSPS) is 10.7. The van der Waals surface area contributed by atoms with Crippen molar-refractivity contribution in [2.45, 2.75) is 39.2 Å². The van der Waals surface area contributed by atoms with Gasteiger partial charge in [-0.25, -0.2) is 4.79 Å². The van der Waals surface area contributed by atoms with E-state index in [0.29, 0.717) is 36.0 Å². The van der Waals surface area contributed by atoms with Gasteiger partial charge in [-0.3, -0.25) is 9.59 Å². The number of anilines is 1. The Hall–Kier alpha value is -3.84. The maximum atomic E-state index is 13.2. The van der Waals surface area contributed by atoms with Crippen LogP contribution < -0.4 is 10.6 Å². The number of urea groups is 1. The van der Waals surface area contributed by atoms with Gasteiger partial charge in [-0.05, 0) is 65.4 Å². The quantitative estimate of drug-likeness (QED) is 0.290. The third-order valence-corrected chi connectivity index (χ3v) is 6.17. The van der Waals surface area contributed by atoms with Gasteiger partial charge in [-0.1, -0.05) is 61.8 Å². The molecule has 0 saturated heterocycles. The maximum Gasteiger partial charge on any atom is 0.322 e. The molecule has 3 rings (SSSR count). The van der Waals surface area contributed by atoms with Gasteiger partial charge < -0.3 is 20.6 Å². The van der Waals surface area contributed by atoms with Crippen molar-refractivity contribution in [1.29, 1.82) is 0 Å². The highest BCUT2D eigenvalue weighted by Gasteiger charge is 2.16. The standard InChI is InChI=1S/C29H32ClN3O4/c1-20(2)23-9-13-26(14-10-23)32-29(37)33(18-16-21-5-11-25(30)12-6-21)19-22-3-7-24(8-4-22)28(36)31-17-15-27(34)35/h3-14,20H,15-19H2,1-2H3,(H,31,36)(H,32,37)(H,34,35). The molecule has 0 fully saturated rings. The van der Waals surface area contributed by atoms with Gasteiger partial charge in [0.05, 0.1) is 6.42 Å². The summed E-state index contributed by atoms with van der Waals surface area (Å²) in [6.45, 7) is 5.14. The zero-order valence-electron chi connectivity index (χ0n) is 21.0. The van der Waals surface area contributed by atoms with Crippen LogP contribution in [0, 0.1) is 0 Å². The lowest BCUT2D eigenvalue weighted by Crippen LogP contribution is -2.36. The van der Waals surface area contributed by atoms with E-state index >= 15 is 0 Å². The largest absolute Gasteiger partial charge is 0.481 e. The molecule has 0 heterocycles. The third-order valence-electron chi connectivity index (χ3n) is 5.91. The highest BCUT2D eigenvalue weighted by atomic mass is 35.5. The van der Waals surface area contributed by atoms with Crippen molar-refractivity contribution in [2.75, 3.05) is 18.4 Å². The Kier molecular flexibility index (Phi) is 10.1. The van der Waals surface area contributed by atoms with Gasteiger partial charge in [0.1, 0.15) is 0 Å². The smallest absolute Gasteiger partial charge is 0.322 e. The Morgan fingerprint density at radius 1 is 0.892 bits per heavy atom. The fourth-order valence-corrected chi connectivity index (χ4v) is 3.81. The Morgan fingerprint density at radius 2 is 1.51 bits per heavy atom. The third kappa shape index (κ3) is 8.95. The van der Waals surface area contributed by atoms with E-state index in [9.17, 15) is 14.4 Å². The van der Waals surface area contributed by atoms with E-state index in [1.807, 2.05) is 48.5 Å². The predicted molar refractivity (Wildman–Crippen MR) is 146 cm³/mol. The Morgan fingerprint density at radius 3 is 2.11 bits per heavy atom. The van der Waals surface area contributed by atoms with Crippen molar-refractivity contribution in [2.24, 2.45) is 0 Å². The highest BCUT2D eigenvalue weighted by Crippen LogP contribution is 2.18. The number of carboxylic acid groups (broad SMARTS) is 1. The van der Waals surface area contributed by atoms with E-state index < -0.39 is 5.97 Å². The average Bonchev–Trinajstić information content (AvgIpc) is 2.87. The van der Waals surface area contributed by atoms with Gasteiger partial charge in [-0.2, -0.15) is 0 Å². The van der Waals surface area contributed by atoms with Crippen molar-refractivity contribution in [3.63, 3.8) is 0 Å². The Bertz CT molecular complexity index is 1190. The molecule has 7 nitrogen and oxygen atoms in total. The molecule has 0 atom stereocenters. The lowest BCUT2D eigenvalue weighted by Gasteiger charge is -2.24. The molecule has 37 heavy (non-hydrogen) atoms. The van der Waals surface area contributed by atoms with E-state index in [2.05, 4.69) is 24.5 Å². The van der Waals surface area contributed by atoms with Crippen LogP contribution in [0.3, 0.4) is 0 Å². The van der Waals surface area contributed by atoms with Crippen molar-refractivity contribution in [1.82, 2.24) is 10.2 Å². The van der Waals surface area contributed by atoms with Gasteiger partial charge in [0.2, 0.25) is 0 Å². The van der Waals surface area contributed by atoms with Crippen LogP contribution in [0.25, 0.3) is 0 Å². The fraction of sp³-hybridized carbons (Fsp3) is 0.276. The maximum absolute atomic E-state index is 13.2. The molecular weight excluding hydrogens is 490 g/mol. The van der Waals surface area contributed by atoms with Crippen LogP contribution in [-0.2, 0) is 17.8 Å². The second kappa shape index (κ2) is 13.5. The van der Waals surface area contributed by atoms with E-state index in [1.54, 1.807) is 29.2 Å². The molecule has 0 bridgehead atoms. The number of carbonyl (C=O) groups excluding carboxylic acids is 2. The molecule has 3 aromatic rings. The van der Waals surface area contributed by atoms with Crippen molar-refractivity contribution < 1.29 is 19.5 Å². The molecule has 3 aromatic carbocycles. The summed E-state index contributed by atoms with van der Waals surface area (Å²) in [5.41, 5.74) is 4.28. The number of halogens is 1. The topological polar surface area (TPSA) is 98.7 Å². The van der Waals surface area contributed by atoms with E-state index in [4.69, 9.17) is 16.7 Å². The Labute approximate surface area is 222 Å². The van der Waals surface area contributed by atoms with Gasteiger partial charge in [-0.15, -0.1) is 0 Å². The molecule has 0 unspecified atom stereocenters. The minimum atomic E-state index is -0.969. The first-order valence-electron chi connectivity index (χ1n) is 12.2. The first kappa shape index (κ1) is 27.7. The molecule has 3 N–H and O–H groups in total. The van der Waals surface area contributed by atoms with Crippen LogP contribution in [-0.4, -0.2) is 41.0 Å². The summed E-state index contributed by atoms with van der Waals surface area (Å²) in [6, 6.07) is 22.1. The number of aliphatic carboxylic acids is 1. The van der Waals surface area contributed by atoms with Gasteiger partial charge in [0.15, 0.2) is 0 Å². The van der Waals surface area contributed by atoms with Crippen LogP contribution in [0.1, 0.15) is 53.2 Å². The second-order valence-electron chi connectivity index (χ2n) is 9.10. The Balaban J connectivity index is 1.69.